The number of rotatable bonds is 3. The standard InChI is InChI=1S/C18H24N4O2.ClH/c1-12-7-8-22(13(9-12)11-19)17(23)10-16-14-5-3-4-6-15(14)18(24)21(2)20-16;/h3-6,12-13H,7-11,19H2,1-2H3;1H. The molecule has 2 heterocycles. The van der Waals surface area contributed by atoms with Crippen molar-refractivity contribution < 1.29 is 4.79 Å². The van der Waals surface area contributed by atoms with Crippen molar-refractivity contribution in [3.63, 3.8) is 0 Å². The maximum atomic E-state index is 12.8. The number of halogens is 1. The van der Waals surface area contributed by atoms with Crippen LogP contribution in [0.4, 0.5) is 0 Å². The van der Waals surface area contributed by atoms with Gasteiger partial charge >= 0.3 is 0 Å². The number of piperidine rings is 1. The fraction of sp³-hybridized carbons (Fsp3) is 0.500. The molecule has 1 aliphatic rings. The van der Waals surface area contributed by atoms with E-state index in [1.807, 2.05) is 23.1 Å². The van der Waals surface area contributed by atoms with Crippen molar-refractivity contribution in [2.75, 3.05) is 13.1 Å². The third-order valence-electron chi connectivity index (χ3n) is 4.92. The Morgan fingerprint density at radius 1 is 1.32 bits per heavy atom. The first-order chi connectivity index (χ1) is 11.5. The number of carbonyl (C=O) groups excluding carboxylic acids is 1. The third kappa shape index (κ3) is 3.85. The van der Waals surface area contributed by atoms with E-state index in [-0.39, 0.29) is 36.3 Å². The van der Waals surface area contributed by atoms with E-state index in [1.54, 1.807) is 13.1 Å². The second kappa shape index (κ2) is 7.97. The van der Waals surface area contributed by atoms with Gasteiger partial charge in [0.25, 0.3) is 5.56 Å². The molecule has 1 aromatic heterocycles. The van der Waals surface area contributed by atoms with Gasteiger partial charge < -0.3 is 10.6 Å². The molecule has 2 unspecified atom stereocenters. The third-order valence-corrected chi connectivity index (χ3v) is 4.92. The fourth-order valence-electron chi connectivity index (χ4n) is 3.55. The van der Waals surface area contributed by atoms with Crippen molar-refractivity contribution in [1.82, 2.24) is 14.7 Å². The van der Waals surface area contributed by atoms with Gasteiger partial charge in [-0.25, -0.2) is 4.68 Å². The van der Waals surface area contributed by atoms with Crippen molar-refractivity contribution in [3.8, 4) is 0 Å². The van der Waals surface area contributed by atoms with Gasteiger partial charge in [-0.1, -0.05) is 25.1 Å². The van der Waals surface area contributed by atoms with Gasteiger partial charge in [0.15, 0.2) is 0 Å². The summed E-state index contributed by atoms with van der Waals surface area (Å²) in [5, 5.41) is 5.68. The second-order valence-corrected chi connectivity index (χ2v) is 6.70. The van der Waals surface area contributed by atoms with Gasteiger partial charge in [-0.15, -0.1) is 12.4 Å². The average molecular weight is 365 g/mol. The average Bonchev–Trinajstić information content (AvgIpc) is 2.59. The topological polar surface area (TPSA) is 81.2 Å². The summed E-state index contributed by atoms with van der Waals surface area (Å²) in [6, 6.07) is 7.41. The van der Waals surface area contributed by atoms with Crippen LogP contribution in [0.5, 0.6) is 0 Å². The molecule has 1 saturated heterocycles. The van der Waals surface area contributed by atoms with Crippen LogP contribution in [0.3, 0.4) is 0 Å². The SMILES string of the molecule is CC1CCN(C(=O)Cc2nn(C)c(=O)c3ccccc23)C(CN)C1.Cl. The zero-order chi connectivity index (χ0) is 17.3. The van der Waals surface area contributed by atoms with Crippen LogP contribution < -0.4 is 11.3 Å². The van der Waals surface area contributed by atoms with Crippen LogP contribution in [0, 0.1) is 5.92 Å². The van der Waals surface area contributed by atoms with Crippen molar-refractivity contribution in [3.05, 3.63) is 40.3 Å². The van der Waals surface area contributed by atoms with Crippen LogP contribution in [0.15, 0.2) is 29.1 Å². The molecule has 3 rings (SSSR count). The number of hydrogen-bond donors (Lipinski definition) is 1. The molecule has 1 aromatic carbocycles. The van der Waals surface area contributed by atoms with E-state index < -0.39 is 0 Å². The molecule has 1 fully saturated rings. The largest absolute Gasteiger partial charge is 0.338 e. The molecule has 0 spiro atoms. The number of benzene rings is 1. The molecular weight excluding hydrogens is 340 g/mol. The number of likely N-dealkylation sites (tertiary alicyclic amines) is 1. The first-order valence-electron chi connectivity index (χ1n) is 8.45. The molecule has 7 heteroatoms. The fourth-order valence-corrected chi connectivity index (χ4v) is 3.55. The molecule has 6 nitrogen and oxygen atoms in total. The molecule has 2 atom stereocenters. The van der Waals surface area contributed by atoms with E-state index >= 15 is 0 Å². The Labute approximate surface area is 153 Å². The molecule has 2 aromatic rings. The quantitative estimate of drug-likeness (QED) is 0.894. The lowest BCUT2D eigenvalue weighted by Gasteiger charge is -2.38. The zero-order valence-corrected chi connectivity index (χ0v) is 15.5. The summed E-state index contributed by atoms with van der Waals surface area (Å²) in [5.41, 5.74) is 6.37. The summed E-state index contributed by atoms with van der Waals surface area (Å²) < 4.78 is 1.31. The minimum Gasteiger partial charge on any atom is -0.338 e. The number of nitrogens with two attached hydrogens (primary N) is 1. The number of carbonyl (C=O) groups is 1. The zero-order valence-electron chi connectivity index (χ0n) is 14.6. The Morgan fingerprint density at radius 3 is 2.68 bits per heavy atom. The van der Waals surface area contributed by atoms with E-state index in [0.29, 0.717) is 23.5 Å². The van der Waals surface area contributed by atoms with E-state index in [2.05, 4.69) is 12.0 Å². The predicted octanol–water partition coefficient (Wildman–Crippen LogP) is 1.48. The van der Waals surface area contributed by atoms with Gasteiger partial charge in [-0.3, -0.25) is 9.59 Å². The summed E-state index contributed by atoms with van der Waals surface area (Å²) in [7, 11) is 1.62. The Hall–Kier alpha value is -1.92. The summed E-state index contributed by atoms with van der Waals surface area (Å²) in [4.78, 5) is 26.9. The second-order valence-electron chi connectivity index (χ2n) is 6.70. The highest BCUT2D eigenvalue weighted by molar-refractivity contribution is 5.88. The lowest BCUT2D eigenvalue weighted by molar-refractivity contribution is -0.134. The molecular formula is C18H25ClN4O2. The molecule has 1 amide bonds. The van der Waals surface area contributed by atoms with E-state index in [9.17, 15) is 9.59 Å². The van der Waals surface area contributed by atoms with E-state index in [4.69, 9.17) is 5.73 Å². The van der Waals surface area contributed by atoms with Crippen LogP contribution in [0.2, 0.25) is 0 Å². The summed E-state index contributed by atoms with van der Waals surface area (Å²) in [6.45, 7) is 3.43. The molecule has 0 radical (unpaired) electrons. The summed E-state index contributed by atoms with van der Waals surface area (Å²) >= 11 is 0. The van der Waals surface area contributed by atoms with Gasteiger partial charge in [0, 0.05) is 31.6 Å². The van der Waals surface area contributed by atoms with Crippen molar-refractivity contribution >= 4 is 29.1 Å². The van der Waals surface area contributed by atoms with Crippen molar-refractivity contribution in [2.45, 2.75) is 32.2 Å². The van der Waals surface area contributed by atoms with Crippen LogP contribution in [0.1, 0.15) is 25.5 Å². The van der Waals surface area contributed by atoms with Gasteiger partial charge in [0.05, 0.1) is 17.5 Å². The number of fused-ring (bicyclic) bond motifs is 1. The van der Waals surface area contributed by atoms with E-state index in [1.165, 1.54) is 4.68 Å². The van der Waals surface area contributed by atoms with Gasteiger partial charge in [0.1, 0.15) is 0 Å². The maximum absolute atomic E-state index is 12.8. The van der Waals surface area contributed by atoms with Crippen LogP contribution in [-0.4, -0.2) is 39.7 Å². The number of aromatic nitrogens is 2. The minimum atomic E-state index is -0.145. The molecule has 0 bridgehead atoms. The van der Waals surface area contributed by atoms with Gasteiger partial charge in [-0.2, -0.15) is 5.10 Å². The van der Waals surface area contributed by atoms with Gasteiger partial charge in [0.2, 0.25) is 5.91 Å². The highest BCUT2D eigenvalue weighted by atomic mass is 35.5. The highest BCUT2D eigenvalue weighted by Gasteiger charge is 2.29. The Morgan fingerprint density at radius 2 is 2.00 bits per heavy atom. The molecule has 1 aliphatic heterocycles. The van der Waals surface area contributed by atoms with Crippen molar-refractivity contribution in [1.29, 1.82) is 0 Å². The van der Waals surface area contributed by atoms with Crippen LogP contribution >= 0.6 is 12.4 Å². The van der Waals surface area contributed by atoms with Gasteiger partial charge in [-0.05, 0) is 24.8 Å². The molecule has 0 saturated carbocycles. The normalized spacial score (nSPS) is 20.4. The van der Waals surface area contributed by atoms with E-state index in [0.717, 1.165) is 24.8 Å². The maximum Gasteiger partial charge on any atom is 0.274 e. The molecule has 0 aliphatic carbocycles. The Kier molecular flexibility index (Phi) is 6.19. The number of aryl methyl sites for hydroxylation is 1. The lowest BCUT2D eigenvalue weighted by Crippen LogP contribution is -2.49. The summed E-state index contributed by atoms with van der Waals surface area (Å²) in [5.74, 6) is 0.632. The predicted molar refractivity (Wildman–Crippen MR) is 101 cm³/mol. The van der Waals surface area contributed by atoms with Crippen LogP contribution in [0.25, 0.3) is 10.8 Å². The lowest BCUT2D eigenvalue weighted by atomic mass is 9.92. The van der Waals surface area contributed by atoms with Crippen molar-refractivity contribution in [2.24, 2.45) is 18.7 Å². The number of nitrogens with zero attached hydrogens (tertiary/aromatic N) is 3. The highest BCUT2D eigenvalue weighted by Crippen LogP contribution is 2.23. The van der Waals surface area contributed by atoms with Crippen LogP contribution in [-0.2, 0) is 18.3 Å². The first-order valence-corrected chi connectivity index (χ1v) is 8.45. The number of amides is 1. The summed E-state index contributed by atoms with van der Waals surface area (Å²) in [6.07, 6.45) is 2.15. The Bertz CT molecular complexity index is 820. The smallest absolute Gasteiger partial charge is 0.274 e. The monoisotopic (exact) mass is 364 g/mol. The first kappa shape index (κ1) is 19.4. The molecule has 136 valence electrons. The molecule has 25 heavy (non-hydrogen) atoms. The minimum absolute atomic E-state index is 0. The molecule has 2 N–H and O–H groups in total. The number of hydrogen-bond acceptors (Lipinski definition) is 4. The Balaban J connectivity index is 0.00000225.